The van der Waals surface area contributed by atoms with Crippen LogP contribution in [0.1, 0.15) is 58.9 Å². The van der Waals surface area contributed by atoms with Crippen LogP contribution in [0, 0.1) is 12.7 Å². The second kappa shape index (κ2) is 8.67. The SMILES string of the molecule is Cc1ccn(C2CCNCC2)c(=O)c1C(=O)N1CCc2ccc(F)cc2C1C.Cl. The molecule has 156 valence electrons. The Balaban J connectivity index is 0.00000240. The Hall–Kier alpha value is -2.18. The normalized spacial score (nSPS) is 19.4. The zero-order valence-corrected chi connectivity index (χ0v) is 17.6. The third kappa shape index (κ3) is 3.96. The van der Waals surface area contributed by atoms with E-state index >= 15 is 0 Å². The summed E-state index contributed by atoms with van der Waals surface area (Å²) in [6.45, 7) is 5.99. The zero-order chi connectivity index (χ0) is 19.8. The number of fused-ring (bicyclic) bond motifs is 1. The summed E-state index contributed by atoms with van der Waals surface area (Å²) in [5, 5.41) is 3.30. The quantitative estimate of drug-likeness (QED) is 0.811. The van der Waals surface area contributed by atoms with Crippen LogP contribution in [0.15, 0.2) is 35.3 Å². The van der Waals surface area contributed by atoms with E-state index in [1.165, 1.54) is 12.1 Å². The summed E-state index contributed by atoms with van der Waals surface area (Å²) in [4.78, 5) is 28.3. The smallest absolute Gasteiger partial charge is 0.263 e. The molecule has 1 amide bonds. The number of carbonyl (C=O) groups excluding carboxylic acids is 1. The number of piperidine rings is 1. The van der Waals surface area contributed by atoms with E-state index in [4.69, 9.17) is 0 Å². The van der Waals surface area contributed by atoms with Crippen molar-refractivity contribution in [2.24, 2.45) is 0 Å². The van der Waals surface area contributed by atoms with Gasteiger partial charge in [-0.2, -0.15) is 0 Å². The Labute approximate surface area is 176 Å². The van der Waals surface area contributed by atoms with Crippen LogP contribution in [0.25, 0.3) is 0 Å². The van der Waals surface area contributed by atoms with Gasteiger partial charge in [-0.1, -0.05) is 6.07 Å². The molecule has 0 saturated carbocycles. The third-order valence-electron chi connectivity index (χ3n) is 6.15. The van der Waals surface area contributed by atoms with Gasteiger partial charge in [-0.3, -0.25) is 9.59 Å². The molecule has 1 fully saturated rings. The molecule has 2 aromatic rings. The van der Waals surface area contributed by atoms with E-state index in [-0.39, 0.29) is 47.3 Å². The standard InChI is InChI=1S/C22H26FN3O2.ClH/c1-14-7-11-26(18-5-9-24-10-6-18)22(28)20(14)21(27)25-12-8-16-3-4-17(23)13-19(16)15(25)2;/h3-4,7,11,13,15,18,24H,5-6,8-10,12H2,1-2H3;1H. The van der Waals surface area contributed by atoms with Crippen molar-refractivity contribution in [1.82, 2.24) is 14.8 Å². The first kappa shape index (κ1) is 21.5. The van der Waals surface area contributed by atoms with Gasteiger partial charge in [0.25, 0.3) is 11.5 Å². The van der Waals surface area contributed by atoms with Crippen LogP contribution < -0.4 is 10.9 Å². The van der Waals surface area contributed by atoms with Crippen molar-refractivity contribution in [3.05, 3.63) is 68.9 Å². The molecule has 1 unspecified atom stereocenters. The van der Waals surface area contributed by atoms with E-state index in [1.54, 1.807) is 15.5 Å². The van der Waals surface area contributed by atoms with E-state index in [0.29, 0.717) is 18.5 Å². The Morgan fingerprint density at radius 3 is 2.66 bits per heavy atom. The highest BCUT2D eigenvalue weighted by Crippen LogP contribution is 2.31. The summed E-state index contributed by atoms with van der Waals surface area (Å²) in [6.07, 6.45) is 4.24. The van der Waals surface area contributed by atoms with Gasteiger partial charge >= 0.3 is 0 Å². The molecule has 1 aromatic carbocycles. The zero-order valence-electron chi connectivity index (χ0n) is 16.8. The second-order valence-corrected chi connectivity index (χ2v) is 7.84. The molecule has 7 heteroatoms. The van der Waals surface area contributed by atoms with Crippen LogP contribution in [0.4, 0.5) is 4.39 Å². The largest absolute Gasteiger partial charge is 0.331 e. The summed E-state index contributed by atoms with van der Waals surface area (Å²) in [5.41, 5.74) is 2.61. The van der Waals surface area contributed by atoms with Gasteiger partial charge in [0.1, 0.15) is 11.4 Å². The molecule has 1 atom stereocenters. The fourth-order valence-electron chi connectivity index (χ4n) is 4.48. The van der Waals surface area contributed by atoms with E-state index < -0.39 is 0 Å². The maximum atomic E-state index is 13.7. The number of benzene rings is 1. The number of hydrogen-bond donors (Lipinski definition) is 1. The molecule has 1 aromatic heterocycles. The number of aromatic nitrogens is 1. The number of carbonyl (C=O) groups is 1. The van der Waals surface area contributed by atoms with Crippen LogP contribution in [-0.2, 0) is 6.42 Å². The van der Waals surface area contributed by atoms with E-state index in [9.17, 15) is 14.0 Å². The molecule has 2 aliphatic heterocycles. The van der Waals surface area contributed by atoms with E-state index in [2.05, 4.69) is 5.32 Å². The first-order valence-electron chi connectivity index (χ1n) is 9.99. The fourth-order valence-corrected chi connectivity index (χ4v) is 4.48. The van der Waals surface area contributed by atoms with E-state index in [1.807, 2.05) is 26.1 Å². The van der Waals surface area contributed by atoms with Crippen LogP contribution in [0.3, 0.4) is 0 Å². The predicted octanol–water partition coefficient (Wildman–Crippen LogP) is 3.40. The van der Waals surface area contributed by atoms with Crippen molar-refractivity contribution in [2.75, 3.05) is 19.6 Å². The molecule has 5 nitrogen and oxygen atoms in total. The van der Waals surface area contributed by atoms with Crippen molar-refractivity contribution >= 4 is 18.3 Å². The lowest BCUT2D eigenvalue weighted by atomic mass is 9.92. The number of amides is 1. The van der Waals surface area contributed by atoms with Gasteiger partial charge in [0, 0.05) is 18.8 Å². The third-order valence-corrected chi connectivity index (χ3v) is 6.15. The van der Waals surface area contributed by atoms with Gasteiger partial charge in [-0.05, 0) is 81.1 Å². The fraction of sp³-hybridized carbons (Fsp3) is 0.455. The molecule has 1 saturated heterocycles. The summed E-state index contributed by atoms with van der Waals surface area (Å²) in [5.74, 6) is -0.558. The monoisotopic (exact) mass is 419 g/mol. The van der Waals surface area contributed by atoms with Crippen molar-refractivity contribution in [1.29, 1.82) is 0 Å². The van der Waals surface area contributed by atoms with Gasteiger partial charge in [-0.25, -0.2) is 4.39 Å². The van der Waals surface area contributed by atoms with Crippen molar-refractivity contribution in [2.45, 2.75) is 45.2 Å². The number of halogens is 2. The summed E-state index contributed by atoms with van der Waals surface area (Å²) < 4.78 is 15.5. The molecular weight excluding hydrogens is 393 g/mol. The van der Waals surface area contributed by atoms with Crippen LogP contribution in [-0.4, -0.2) is 35.0 Å². The molecule has 4 rings (SSSR count). The predicted molar refractivity (Wildman–Crippen MR) is 113 cm³/mol. The molecule has 1 N–H and O–H groups in total. The van der Waals surface area contributed by atoms with Crippen LogP contribution >= 0.6 is 12.4 Å². The molecule has 0 aliphatic carbocycles. The van der Waals surface area contributed by atoms with Crippen molar-refractivity contribution < 1.29 is 9.18 Å². The molecule has 29 heavy (non-hydrogen) atoms. The summed E-state index contributed by atoms with van der Waals surface area (Å²) >= 11 is 0. The number of nitrogens with zero attached hydrogens (tertiary/aromatic N) is 2. The molecule has 0 radical (unpaired) electrons. The Morgan fingerprint density at radius 1 is 1.21 bits per heavy atom. The average molecular weight is 420 g/mol. The maximum Gasteiger partial charge on any atom is 0.263 e. The molecule has 2 aliphatic rings. The summed E-state index contributed by atoms with van der Waals surface area (Å²) in [7, 11) is 0. The van der Waals surface area contributed by atoms with Crippen LogP contribution in [0.5, 0.6) is 0 Å². The lowest BCUT2D eigenvalue weighted by molar-refractivity contribution is 0.0673. The first-order chi connectivity index (χ1) is 13.5. The van der Waals surface area contributed by atoms with Gasteiger partial charge in [-0.15, -0.1) is 12.4 Å². The van der Waals surface area contributed by atoms with Crippen molar-refractivity contribution in [3.63, 3.8) is 0 Å². The minimum Gasteiger partial charge on any atom is -0.331 e. The van der Waals surface area contributed by atoms with Crippen molar-refractivity contribution in [3.8, 4) is 0 Å². The Morgan fingerprint density at radius 2 is 1.93 bits per heavy atom. The molecular formula is C22H27ClFN3O2. The van der Waals surface area contributed by atoms with Gasteiger partial charge < -0.3 is 14.8 Å². The summed E-state index contributed by atoms with van der Waals surface area (Å²) in [6, 6.07) is 6.47. The molecule has 0 bridgehead atoms. The maximum absolute atomic E-state index is 13.7. The van der Waals surface area contributed by atoms with Gasteiger partial charge in [0.15, 0.2) is 0 Å². The minimum absolute atomic E-state index is 0. The number of rotatable bonds is 2. The minimum atomic E-state index is -0.302. The number of aryl methyl sites for hydroxylation is 1. The highest BCUT2D eigenvalue weighted by Gasteiger charge is 2.31. The highest BCUT2D eigenvalue weighted by molar-refractivity contribution is 5.95. The molecule has 3 heterocycles. The van der Waals surface area contributed by atoms with E-state index in [0.717, 1.165) is 37.1 Å². The van der Waals surface area contributed by atoms with Gasteiger partial charge in [0.2, 0.25) is 0 Å². The first-order valence-corrected chi connectivity index (χ1v) is 9.99. The van der Waals surface area contributed by atoms with Gasteiger partial charge in [0.05, 0.1) is 6.04 Å². The lowest BCUT2D eigenvalue weighted by Crippen LogP contribution is -2.43. The van der Waals surface area contributed by atoms with Crippen LogP contribution in [0.2, 0.25) is 0 Å². The number of pyridine rings is 1. The Kier molecular flexibility index (Phi) is 6.44. The number of nitrogens with one attached hydrogen (secondary N) is 1. The second-order valence-electron chi connectivity index (χ2n) is 7.84. The Bertz CT molecular complexity index is 969. The lowest BCUT2D eigenvalue weighted by Gasteiger charge is -2.35. The average Bonchev–Trinajstić information content (AvgIpc) is 2.69. The molecule has 0 spiro atoms. The topological polar surface area (TPSA) is 54.3 Å². The highest BCUT2D eigenvalue weighted by atomic mass is 35.5. The number of hydrogen-bond acceptors (Lipinski definition) is 3.